The quantitative estimate of drug-likeness (QED) is 0.634. The van der Waals surface area contributed by atoms with E-state index in [2.05, 4.69) is 26.6 Å². The maximum atomic E-state index is 10.9. The molecule has 0 saturated carbocycles. The summed E-state index contributed by atoms with van der Waals surface area (Å²) in [5, 5.41) is 14.6. The second-order valence-electron chi connectivity index (χ2n) is 4.52. The summed E-state index contributed by atoms with van der Waals surface area (Å²) in [7, 11) is 0. The molecule has 0 saturated heterocycles. The molecule has 0 bridgehead atoms. The zero-order valence-corrected chi connectivity index (χ0v) is 12.9. The average molecular weight is 343 g/mol. The number of carboxylic acid groups (broad SMARTS) is 1. The highest BCUT2D eigenvalue weighted by Gasteiger charge is 2.17. The van der Waals surface area contributed by atoms with Crippen molar-refractivity contribution in [1.82, 2.24) is 5.32 Å². The van der Waals surface area contributed by atoms with Gasteiger partial charge in [0.25, 0.3) is 0 Å². The van der Waals surface area contributed by atoms with Crippen molar-refractivity contribution in [2.24, 2.45) is 0 Å². The topological polar surface area (TPSA) is 78.4 Å². The zero-order valence-electron chi connectivity index (χ0n) is 11.4. The molecule has 0 aliphatic heterocycles. The molecular formula is C14H19BrN2O3. The van der Waals surface area contributed by atoms with E-state index in [1.165, 1.54) is 6.92 Å². The van der Waals surface area contributed by atoms with Crippen LogP contribution >= 0.6 is 15.9 Å². The third-order valence-electron chi connectivity index (χ3n) is 2.77. The number of hydrogen-bond donors (Lipinski definition) is 3. The molecule has 5 nitrogen and oxygen atoms in total. The van der Waals surface area contributed by atoms with E-state index in [1.807, 2.05) is 24.3 Å². The van der Waals surface area contributed by atoms with Gasteiger partial charge < -0.3 is 15.7 Å². The maximum absolute atomic E-state index is 10.9. The summed E-state index contributed by atoms with van der Waals surface area (Å²) in [6.07, 6.45) is 2.02. The van der Waals surface area contributed by atoms with Crippen LogP contribution in [-0.2, 0) is 9.59 Å². The predicted octanol–water partition coefficient (Wildman–Crippen LogP) is 2.62. The van der Waals surface area contributed by atoms with Gasteiger partial charge in [0.05, 0.1) is 0 Å². The number of unbranched alkanes of at least 4 members (excludes halogenated alkanes) is 1. The van der Waals surface area contributed by atoms with Crippen LogP contribution in [0.4, 0.5) is 5.69 Å². The number of carboxylic acids is 1. The summed E-state index contributed by atoms with van der Waals surface area (Å²) in [5.41, 5.74) is 1.03. The van der Waals surface area contributed by atoms with Gasteiger partial charge in [-0.15, -0.1) is 0 Å². The molecule has 1 atom stereocenters. The van der Waals surface area contributed by atoms with Crippen molar-refractivity contribution in [1.29, 1.82) is 0 Å². The van der Waals surface area contributed by atoms with Gasteiger partial charge in [0.2, 0.25) is 5.91 Å². The number of nitrogens with one attached hydrogen (secondary N) is 2. The molecule has 3 N–H and O–H groups in total. The summed E-state index contributed by atoms with van der Waals surface area (Å²) in [4.78, 5) is 21.8. The number of anilines is 1. The second kappa shape index (κ2) is 8.58. The monoisotopic (exact) mass is 342 g/mol. The Kier molecular flexibility index (Phi) is 7.08. The summed E-state index contributed by atoms with van der Waals surface area (Å²) in [5.74, 6) is -1.30. The molecule has 1 aromatic carbocycles. The molecule has 0 aromatic heterocycles. The normalized spacial score (nSPS) is 11.7. The van der Waals surface area contributed by atoms with E-state index in [-0.39, 0.29) is 5.91 Å². The standard InChI is InChI=1S/C14H19BrN2O3/c1-10(18)17-13(14(19)20)4-2-3-9-16-12-7-5-11(15)6-8-12/h5-8,13,16H,2-4,9H2,1H3,(H,17,18)(H,19,20). The van der Waals surface area contributed by atoms with Crippen molar-refractivity contribution in [2.75, 3.05) is 11.9 Å². The van der Waals surface area contributed by atoms with Crippen molar-refractivity contribution in [2.45, 2.75) is 32.2 Å². The lowest BCUT2D eigenvalue weighted by Crippen LogP contribution is -2.39. The molecule has 1 aromatic rings. The van der Waals surface area contributed by atoms with Crippen LogP contribution in [0.5, 0.6) is 0 Å². The SMILES string of the molecule is CC(=O)NC(CCCCNc1ccc(Br)cc1)C(=O)O. The zero-order chi connectivity index (χ0) is 15.0. The molecule has 20 heavy (non-hydrogen) atoms. The van der Waals surface area contributed by atoms with Crippen LogP contribution in [-0.4, -0.2) is 29.6 Å². The van der Waals surface area contributed by atoms with Gasteiger partial charge in [-0.3, -0.25) is 4.79 Å². The van der Waals surface area contributed by atoms with E-state index >= 15 is 0 Å². The average Bonchev–Trinajstić information content (AvgIpc) is 2.38. The van der Waals surface area contributed by atoms with Crippen molar-refractivity contribution in [3.8, 4) is 0 Å². The largest absolute Gasteiger partial charge is 0.480 e. The third kappa shape index (κ3) is 6.56. The van der Waals surface area contributed by atoms with Crippen LogP contribution in [0.25, 0.3) is 0 Å². The smallest absolute Gasteiger partial charge is 0.326 e. The summed E-state index contributed by atoms with van der Waals surface area (Å²) < 4.78 is 1.03. The van der Waals surface area contributed by atoms with Gasteiger partial charge in [-0.2, -0.15) is 0 Å². The second-order valence-corrected chi connectivity index (χ2v) is 5.44. The van der Waals surface area contributed by atoms with Crippen molar-refractivity contribution in [3.63, 3.8) is 0 Å². The van der Waals surface area contributed by atoms with Crippen LogP contribution in [0.2, 0.25) is 0 Å². The fourth-order valence-corrected chi connectivity index (χ4v) is 2.04. The molecule has 0 spiro atoms. The van der Waals surface area contributed by atoms with E-state index in [9.17, 15) is 9.59 Å². The van der Waals surface area contributed by atoms with E-state index in [0.29, 0.717) is 6.42 Å². The number of hydrogen-bond acceptors (Lipinski definition) is 3. The minimum atomic E-state index is -0.985. The molecule has 0 heterocycles. The molecular weight excluding hydrogens is 324 g/mol. The summed E-state index contributed by atoms with van der Waals surface area (Å²) >= 11 is 3.37. The lowest BCUT2D eigenvalue weighted by molar-refractivity contribution is -0.141. The number of halogens is 1. The van der Waals surface area contributed by atoms with E-state index < -0.39 is 12.0 Å². The highest BCUT2D eigenvalue weighted by atomic mass is 79.9. The highest BCUT2D eigenvalue weighted by molar-refractivity contribution is 9.10. The first-order chi connectivity index (χ1) is 9.49. The number of carbonyl (C=O) groups is 2. The van der Waals surface area contributed by atoms with Crippen LogP contribution < -0.4 is 10.6 Å². The van der Waals surface area contributed by atoms with Gasteiger partial charge in [-0.25, -0.2) is 4.79 Å². The van der Waals surface area contributed by atoms with Gasteiger partial charge in [0, 0.05) is 23.6 Å². The van der Waals surface area contributed by atoms with Crippen LogP contribution in [0.3, 0.4) is 0 Å². The molecule has 0 fully saturated rings. The van der Waals surface area contributed by atoms with Gasteiger partial charge in [-0.1, -0.05) is 15.9 Å². The van der Waals surface area contributed by atoms with Crippen molar-refractivity contribution < 1.29 is 14.7 Å². The Bertz CT molecular complexity index is 448. The fourth-order valence-electron chi connectivity index (χ4n) is 1.78. The van der Waals surface area contributed by atoms with Crippen LogP contribution in [0.1, 0.15) is 26.2 Å². The Morgan fingerprint density at radius 3 is 2.45 bits per heavy atom. The third-order valence-corrected chi connectivity index (χ3v) is 3.30. The van der Waals surface area contributed by atoms with Crippen molar-refractivity contribution in [3.05, 3.63) is 28.7 Å². The Morgan fingerprint density at radius 1 is 1.25 bits per heavy atom. The van der Waals surface area contributed by atoms with Gasteiger partial charge >= 0.3 is 5.97 Å². The van der Waals surface area contributed by atoms with Gasteiger partial charge in [0.1, 0.15) is 6.04 Å². The van der Waals surface area contributed by atoms with Crippen LogP contribution in [0, 0.1) is 0 Å². The minimum absolute atomic E-state index is 0.314. The maximum Gasteiger partial charge on any atom is 0.326 e. The number of benzene rings is 1. The molecule has 1 unspecified atom stereocenters. The number of rotatable bonds is 8. The van der Waals surface area contributed by atoms with E-state index in [0.717, 1.165) is 29.5 Å². The first-order valence-corrected chi connectivity index (χ1v) is 7.27. The first-order valence-electron chi connectivity index (χ1n) is 6.48. The minimum Gasteiger partial charge on any atom is -0.480 e. The Labute approximate surface area is 126 Å². The molecule has 6 heteroatoms. The van der Waals surface area contributed by atoms with Gasteiger partial charge in [0.15, 0.2) is 0 Å². The summed E-state index contributed by atoms with van der Waals surface area (Å²) in [6, 6.07) is 7.07. The Hall–Kier alpha value is -1.56. The van der Waals surface area contributed by atoms with Crippen LogP contribution in [0.15, 0.2) is 28.7 Å². The Balaban J connectivity index is 2.21. The van der Waals surface area contributed by atoms with Gasteiger partial charge in [-0.05, 0) is 43.5 Å². The molecule has 0 radical (unpaired) electrons. The van der Waals surface area contributed by atoms with Crippen molar-refractivity contribution >= 4 is 33.5 Å². The first kappa shape index (κ1) is 16.5. The molecule has 1 rings (SSSR count). The molecule has 110 valence electrons. The molecule has 0 aliphatic rings. The number of aliphatic carboxylic acids is 1. The molecule has 0 aliphatic carbocycles. The van der Waals surface area contributed by atoms with E-state index in [4.69, 9.17) is 5.11 Å². The van der Waals surface area contributed by atoms with E-state index in [1.54, 1.807) is 0 Å². The number of amides is 1. The molecule has 1 amide bonds. The lowest BCUT2D eigenvalue weighted by Gasteiger charge is -2.13. The highest BCUT2D eigenvalue weighted by Crippen LogP contribution is 2.14. The fraction of sp³-hybridized carbons (Fsp3) is 0.429. The predicted molar refractivity (Wildman–Crippen MR) is 81.7 cm³/mol. The lowest BCUT2D eigenvalue weighted by atomic mass is 10.1. The summed E-state index contributed by atoms with van der Waals surface area (Å²) in [6.45, 7) is 2.10. The number of carbonyl (C=O) groups excluding carboxylic acids is 1. The Morgan fingerprint density at radius 2 is 1.90 bits per heavy atom.